The lowest BCUT2D eigenvalue weighted by atomic mass is 10.1. The lowest BCUT2D eigenvalue weighted by Crippen LogP contribution is -2.31. The van der Waals surface area contributed by atoms with Gasteiger partial charge in [-0.2, -0.15) is 5.48 Å². The summed E-state index contributed by atoms with van der Waals surface area (Å²) >= 11 is 0. The highest BCUT2D eigenvalue weighted by molar-refractivity contribution is 5.35. The maximum absolute atomic E-state index is 9.62. The molecule has 96 valence electrons. The molecular weight excluding hydrogens is 218 g/mol. The molecule has 0 saturated heterocycles. The fraction of sp³-hybridized carbons (Fsp3) is 0.538. The van der Waals surface area contributed by atoms with Gasteiger partial charge in [0.15, 0.2) is 0 Å². The van der Waals surface area contributed by atoms with Crippen LogP contribution in [0.25, 0.3) is 0 Å². The van der Waals surface area contributed by atoms with Crippen LogP contribution in [0, 0.1) is 13.8 Å². The Morgan fingerprint density at radius 2 is 2.12 bits per heavy atom. The predicted molar refractivity (Wildman–Crippen MR) is 67.0 cm³/mol. The van der Waals surface area contributed by atoms with Gasteiger partial charge in [-0.25, -0.2) is 0 Å². The van der Waals surface area contributed by atoms with Gasteiger partial charge in [-0.1, -0.05) is 17.7 Å². The first-order chi connectivity index (χ1) is 8.13. The normalized spacial score (nSPS) is 12.5. The summed E-state index contributed by atoms with van der Waals surface area (Å²) in [5, 5.41) is 9.62. The topological polar surface area (TPSA) is 50.7 Å². The lowest BCUT2D eigenvalue weighted by Gasteiger charge is -2.14. The van der Waals surface area contributed by atoms with Gasteiger partial charge in [0.05, 0.1) is 13.2 Å². The number of nitrogens with one attached hydrogen (secondary N) is 1. The van der Waals surface area contributed by atoms with Crippen LogP contribution in [0.2, 0.25) is 0 Å². The fourth-order valence-electron chi connectivity index (χ4n) is 1.46. The molecule has 17 heavy (non-hydrogen) atoms. The molecule has 0 aliphatic rings. The Labute approximate surface area is 103 Å². The van der Waals surface area contributed by atoms with Crippen LogP contribution in [0.1, 0.15) is 18.1 Å². The van der Waals surface area contributed by atoms with Crippen LogP contribution in [-0.4, -0.2) is 31.0 Å². The molecule has 1 aromatic rings. The molecule has 0 fully saturated rings. The minimum Gasteiger partial charge on any atom is -0.491 e. The summed E-state index contributed by atoms with van der Waals surface area (Å²) < 4.78 is 5.54. The van der Waals surface area contributed by atoms with E-state index in [1.54, 1.807) is 0 Å². The van der Waals surface area contributed by atoms with Crippen LogP contribution in [0.5, 0.6) is 5.75 Å². The van der Waals surface area contributed by atoms with E-state index >= 15 is 0 Å². The molecule has 1 rings (SSSR count). The Morgan fingerprint density at radius 3 is 2.76 bits per heavy atom. The zero-order valence-corrected chi connectivity index (χ0v) is 10.7. The highest BCUT2D eigenvalue weighted by Gasteiger charge is 2.06. The van der Waals surface area contributed by atoms with Crippen LogP contribution in [0.15, 0.2) is 18.2 Å². The Bertz CT molecular complexity index is 341. The van der Waals surface area contributed by atoms with Gasteiger partial charge in [-0.05, 0) is 32.4 Å². The van der Waals surface area contributed by atoms with Crippen molar-refractivity contribution in [2.45, 2.75) is 26.9 Å². The monoisotopic (exact) mass is 239 g/mol. The van der Waals surface area contributed by atoms with Gasteiger partial charge in [0.25, 0.3) is 0 Å². The number of aliphatic hydroxyl groups is 1. The molecule has 0 aliphatic heterocycles. The van der Waals surface area contributed by atoms with Crippen LogP contribution >= 0.6 is 0 Å². The van der Waals surface area contributed by atoms with Crippen LogP contribution in [0.3, 0.4) is 0 Å². The van der Waals surface area contributed by atoms with E-state index in [1.165, 1.54) is 5.56 Å². The van der Waals surface area contributed by atoms with Gasteiger partial charge in [-0.15, -0.1) is 0 Å². The molecule has 1 aromatic carbocycles. The van der Waals surface area contributed by atoms with Crippen molar-refractivity contribution in [3.8, 4) is 5.75 Å². The smallest absolute Gasteiger partial charge is 0.122 e. The first-order valence-electron chi connectivity index (χ1n) is 5.86. The second-order valence-electron chi connectivity index (χ2n) is 4.02. The summed E-state index contributed by atoms with van der Waals surface area (Å²) in [4.78, 5) is 4.93. The third kappa shape index (κ3) is 5.17. The molecular formula is C13H21NO3. The highest BCUT2D eigenvalue weighted by Crippen LogP contribution is 2.18. The number of aliphatic hydroxyl groups excluding tert-OH is 1. The van der Waals surface area contributed by atoms with Gasteiger partial charge in [0.2, 0.25) is 0 Å². The number of hydroxylamine groups is 1. The molecule has 0 saturated carbocycles. The van der Waals surface area contributed by atoms with Crippen LogP contribution < -0.4 is 10.2 Å². The summed E-state index contributed by atoms with van der Waals surface area (Å²) in [6, 6.07) is 5.97. The maximum Gasteiger partial charge on any atom is 0.122 e. The van der Waals surface area contributed by atoms with E-state index in [0.717, 1.165) is 11.3 Å². The minimum atomic E-state index is -0.581. The molecule has 4 heteroatoms. The van der Waals surface area contributed by atoms with Crippen molar-refractivity contribution in [1.29, 1.82) is 0 Å². The predicted octanol–water partition coefficient (Wildman–Crippen LogP) is 1.58. The summed E-state index contributed by atoms with van der Waals surface area (Å²) in [5.74, 6) is 0.811. The van der Waals surface area contributed by atoms with Crippen molar-refractivity contribution in [2.75, 3.05) is 19.8 Å². The Kier molecular flexibility index (Phi) is 5.97. The Hall–Kier alpha value is -1.10. The van der Waals surface area contributed by atoms with E-state index < -0.39 is 6.10 Å². The van der Waals surface area contributed by atoms with Gasteiger partial charge >= 0.3 is 0 Å². The molecule has 4 nitrogen and oxygen atoms in total. The van der Waals surface area contributed by atoms with Gasteiger partial charge in [0.1, 0.15) is 18.5 Å². The van der Waals surface area contributed by atoms with E-state index in [2.05, 4.69) is 11.5 Å². The van der Waals surface area contributed by atoms with Crippen molar-refractivity contribution < 1.29 is 14.7 Å². The fourth-order valence-corrected chi connectivity index (χ4v) is 1.46. The molecule has 2 N–H and O–H groups in total. The number of hydrogen-bond donors (Lipinski definition) is 2. The Morgan fingerprint density at radius 1 is 1.35 bits per heavy atom. The molecule has 0 radical (unpaired) electrons. The third-order valence-corrected chi connectivity index (χ3v) is 2.33. The number of hydrogen-bond acceptors (Lipinski definition) is 4. The summed E-state index contributed by atoms with van der Waals surface area (Å²) in [6.07, 6.45) is -0.581. The molecule has 0 bridgehead atoms. The number of ether oxygens (including phenoxy) is 1. The first-order valence-corrected chi connectivity index (χ1v) is 5.86. The second-order valence-corrected chi connectivity index (χ2v) is 4.02. The van der Waals surface area contributed by atoms with Crippen molar-refractivity contribution >= 4 is 0 Å². The average Bonchev–Trinajstić information content (AvgIpc) is 2.28. The molecule has 1 unspecified atom stereocenters. The standard InChI is InChI=1S/C13H21NO3/c1-4-17-14-8-12(15)9-16-13-6-5-10(2)7-11(13)3/h5-7,12,14-15H,4,8-9H2,1-3H3. The van der Waals surface area contributed by atoms with Crippen molar-refractivity contribution in [3.63, 3.8) is 0 Å². The molecule has 0 spiro atoms. The zero-order chi connectivity index (χ0) is 12.7. The van der Waals surface area contributed by atoms with Crippen molar-refractivity contribution in [1.82, 2.24) is 5.48 Å². The average molecular weight is 239 g/mol. The molecule has 0 heterocycles. The number of aryl methyl sites for hydroxylation is 2. The Balaban J connectivity index is 2.34. The quantitative estimate of drug-likeness (QED) is 0.560. The molecule has 0 aromatic heterocycles. The second kappa shape index (κ2) is 7.27. The van der Waals surface area contributed by atoms with Crippen molar-refractivity contribution in [3.05, 3.63) is 29.3 Å². The summed E-state index contributed by atoms with van der Waals surface area (Å²) in [6.45, 7) is 7.10. The maximum atomic E-state index is 9.62. The van der Waals surface area contributed by atoms with E-state index in [0.29, 0.717) is 13.2 Å². The molecule has 0 amide bonds. The number of rotatable bonds is 7. The van der Waals surface area contributed by atoms with Crippen LogP contribution in [-0.2, 0) is 4.84 Å². The van der Waals surface area contributed by atoms with Crippen LogP contribution in [0.4, 0.5) is 0 Å². The van der Waals surface area contributed by atoms with E-state index in [9.17, 15) is 5.11 Å². The first kappa shape index (κ1) is 14.0. The van der Waals surface area contributed by atoms with Crippen molar-refractivity contribution in [2.24, 2.45) is 0 Å². The minimum absolute atomic E-state index is 0.254. The largest absolute Gasteiger partial charge is 0.491 e. The van der Waals surface area contributed by atoms with Gasteiger partial charge in [0, 0.05) is 0 Å². The lowest BCUT2D eigenvalue weighted by molar-refractivity contribution is 0.00943. The van der Waals surface area contributed by atoms with E-state index in [1.807, 2.05) is 32.9 Å². The third-order valence-electron chi connectivity index (χ3n) is 2.33. The molecule has 1 atom stereocenters. The zero-order valence-electron chi connectivity index (χ0n) is 10.7. The van der Waals surface area contributed by atoms with Gasteiger partial charge in [-0.3, -0.25) is 0 Å². The van der Waals surface area contributed by atoms with E-state index in [-0.39, 0.29) is 6.61 Å². The highest BCUT2D eigenvalue weighted by atomic mass is 16.6. The number of benzene rings is 1. The van der Waals surface area contributed by atoms with E-state index in [4.69, 9.17) is 9.57 Å². The SMILES string of the molecule is CCONCC(O)COc1ccc(C)cc1C. The summed E-state index contributed by atoms with van der Waals surface area (Å²) in [5.41, 5.74) is 4.95. The summed E-state index contributed by atoms with van der Waals surface area (Å²) in [7, 11) is 0. The van der Waals surface area contributed by atoms with Gasteiger partial charge < -0.3 is 14.7 Å². The molecule has 0 aliphatic carbocycles.